The molecule has 0 spiro atoms. The Kier molecular flexibility index (Phi) is 3.78. The highest BCUT2D eigenvalue weighted by Crippen LogP contribution is 2.45. The van der Waals surface area contributed by atoms with Gasteiger partial charge in [0.15, 0.2) is 0 Å². The summed E-state index contributed by atoms with van der Waals surface area (Å²) in [6, 6.07) is -0.236. The van der Waals surface area contributed by atoms with Crippen LogP contribution < -0.4 is 5.32 Å². The van der Waals surface area contributed by atoms with Gasteiger partial charge in [-0.2, -0.15) is 22.0 Å². The van der Waals surface area contributed by atoms with Crippen molar-refractivity contribution < 1.29 is 35.5 Å². The number of halogens is 7. The van der Waals surface area contributed by atoms with E-state index in [-0.39, 0.29) is 12.1 Å². The molecule has 0 saturated heterocycles. The predicted molar refractivity (Wildman–Crippen MR) is 50.6 cm³/mol. The normalized spacial score (nSPS) is 12.4. The Labute approximate surface area is 102 Å². The number of hydrogen-bond donors (Lipinski definition) is 1. The molecule has 1 amide bonds. The molecule has 1 aromatic rings. The number of amides is 1. The molecule has 0 bridgehead atoms. The van der Waals surface area contributed by atoms with Crippen molar-refractivity contribution in [1.82, 2.24) is 0 Å². The molecule has 1 aromatic carbocycles. The Morgan fingerprint density at radius 1 is 1.05 bits per heavy atom. The van der Waals surface area contributed by atoms with Gasteiger partial charge in [-0.05, 0) is 6.07 Å². The summed E-state index contributed by atoms with van der Waals surface area (Å²) < 4.78 is 88.3. The molecular weight excluding hydrogens is 283 g/mol. The van der Waals surface area contributed by atoms with Crippen LogP contribution in [0.25, 0.3) is 0 Å². The van der Waals surface area contributed by atoms with E-state index >= 15 is 0 Å². The third kappa shape index (κ3) is 2.96. The molecule has 0 aliphatic rings. The van der Waals surface area contributed by atoms with Crippen LogP contribution in [0.5, 0.6) is 0 Å². The van der Waals surface area contributed by atoms with Crippen LogP contribution in [0.4, 0.5) is 36.4 Å². The fourth-order valence-electron chi connectivity index (χ4n) is 1.23. The molecule has 0 atom stereocenters. The maximum absolute atomic E-state index is 13.2. The molecule has 0 aliphatic carbocycles. The largest absolute Gasteiger partial charge is 0.458 e. The fraction of sp³-hybridized carbons (Fsp3) is 0.300. The minimum Gasteiger partial charge on any atom is -0.324 e. The fourth-order valence-corrected chi connectivity index (χ4v) is 1.23. The van der Waals surface area contributed by atoms with Gasteiger partial charge in [0.25, 0.3) is 0 Å². The molecule has 0 aromatic heterocycles. The van der Waals surface area contributed by atoms with Crippen molar-refractivity contribution in [2.24, 2.45) is 0 Å². The first-order valence-electron chi connectivity index (χ1n) is 4.68. The number of carbonyl (C=O) groups is 1. The smallest absolute Gasteiger partial charge is 0.324 e. The van der Waals surface area contributed by atoms with Crippen molar-refractivity contribution >= 4 is 11.6 Å². The van der Waals surface area contributed by atoms with Gasteiger partial charge in [-0.3, -0.25) is 4.79 Å². The van der Waals surface area contributed by atoms with E-state index in [1.165, 1.54) is 0 Å². The molecule has 0 heterocycles. The summed E-state index contributed by atoms with van der Waals surface area (Å²) in [7, 11) is 0. The average Bonchev–Trinajstić information content (AvgIpc) is 2.20. The highest BCUT2D eigenvalue weighted by atomic mass is 19.4. The molecule has 0 radical (unpaired) electrons. The highest BCUT2D eigenvalue weighted by Gasteiger charge is 2.60. The molecule has 106 valence electrons. The van der Waals surface area contributed by atoms with Gasteiger partial charge < -0.3 is 5.32 Å². The van der Waals surface area contributed by atoms with Crippen molar-refractivity contribution in [1.29, 1.82) is 0 Å². The van der Waals surface area contributed by atoms with Crippen LogP contribution in [0.1, 0.15) is 12.5 Å². The van der Waals surface area contributed by atoms with Crippen LogP contribution in [0.3, 0.4) is 0 Å². The predicted octanol–water partition coefficient (Wildman–Crippen LogP) is 3.58. The van der Waals surface area contributed by atoms with Crippen LogP contribution in [-0.4, -0.2) is 12.1 Å². The van der Waals surface area contributed by atoms with Gasteiger partial charge in [-0.15, -0.1) is 0 Å². The van der Waals surface area contributed by atoms with Gasteiger partial charge in [0.05, 0.1) is 11.3 Å². The summed E-state index contributed by atoms with van der Waals surface area (Å²) >= 11 is 0. The first-order valence-corrected chi connectivity index (χ1v) is 4.68. The quantitative estimate of drug-likeness (QED) is 0.828. The van der Waals surface area contributed by atoms with E-state index in [0.29, 0.717) is 0 Å². The second-order valence-electron chi connectivity index (χ2n) is 3.57. The highest BCUT2D eigenvalue weighted by molar-refractivity contribution is 5.88. The molecule has 2 nitrogen and oxygen atoms in total. The standard InChI is InChI=1S/C10H6F7NO/c1-4(19)18-8-3-6(11)5(2-7(8)12)9(13,14)10(15,16)17/h2-3H,1H3,(H,18,19). The van der Waals surface area contributed by atoms with E-state index in [1.54, 1.807) is 5.32 Å². The molecule has 9 heteroatoms. The van der Waals surface area contributed by atoms with Crippen LogP contribution in [0, 0.1) is 11.6 Å². The minimum absolute atomic E-state index is 0.0612. The lowest BCUT2D eigenvalue weighted by atomic mass is 10.1. The van der Waals surface area contributed by atoms with Crippen molar-refractivity contribution in [2.75, 3.05) is 5.32 Å². The molecule has 1 rings (SSSR count). The van der Waals surface area contributed by atoms with Gasteiger partial charge in [-0.1, -0.05) is 0 Å². The van der Waals surface area contributed by atoms with Crippen molar-refractivity contribution in [2.45, 2.75) is 19.0 Å². The molecule has 0 saturated carbocycles. The van der Waals surface area contributed by atoms with E-state index in [2.05, 4.69) is 0 Å². The minimum atomic E-state index is -6.06. The Balaban J connectivity index is 3.34. The summed E-state index contributed by atoms with van der Waals surface area (Å²) in [5.41, 5.74) is -2.97. The number of hydrogen-bond acceptors (Lipinski definition) is 1. The Bertz CT molecular complexity index is 509. The van der Waals surface area contributed by atoms with Crippen molar-refractivity contribution in [3.05, 3.63) is 29.3 Å². The van der Waals surface area contributed by atoms with Crippen LogP contribution in [0.2, 0.25) is 0 Å². The topological polar surface area (TPSA) is 29.1 Å². The van der Waals surface area contributed by atoms with Gasteiger partial charge in [0.1, 0.15) is 11.6 Å². The zero-order chi connectivity index (χ0) is 15.0. The number of nitrogens with one attached hydrogen (secondary N) is 1. The Hall–Kier alpha value is -1.80. The van der Waals surface area contributed by atoms with Gasteiger partial charge in [0, 0.05) is 13.0 Å². The lowest BCUT2D eigenvalue weighted by Gasteiger charge is -2.21. The maximum Gasteiger partial charge on any atom is 0.458 e. The summed E-state index contributed by atoms with van der Waals surface area (Å²) in [4.78, 5) is 10.6. The summed E-state index contributed by atoms with van der Waals surface area (Å²) in [5.74, 6) is -9.95. The second kappa shape index (κ2) is 4.71. The number of carbonyl (C=O) groups excluding carboxylic acids is 1. The molecular formula is C10H6F7NO. The molecule has 0 fully saturated rings. The van der Waals surface area contributed by atoms with Gasteiger partial charge >= 0.3 is 12.1 Å². The number of alkyl halides is 5. The van der Waals surface area contributed by atoms with E-state index in [0.717, 1.165) is 6.92 Å². The van der Waals surface area contributed by atoms with Crippen LogP contribution in [0.15, 0.2) is 12.1 Å². The van der Waals surface area contributed by atoms with Gasteiger partial charge in [-0.25, -0.2) is 8.78 Å². The first-order chi connectivity index (χ1) is 8.46. The third-order valence-corrected chi connectivity index (χ3v) is 2.06. The molecule has 0 unspecified atom stereocenters. The summed E-state index contributed by atoms with van der Waals surface area (Å²) in [5, 5.41) is 1.75. The van der Waals surface area contributed by atoms with Crippen LogP contribution in [-0.2, 0) is 10.7 Å². The van der Waals surface area contributed by atoms with Crippen molar-refractivity contribution in [3.8, 4) is 0 Å². The van der Waals surface area contributed by atoms with Crippen LogP contribution >= 0.6 is 0 Å². The van der Waals surface area contributed by atoms with E-state index in [9.17, 15) is 35.5 Å². The number of anilines is 1. The van der Waals surface area contributed by atoms with Crippen molar-refractivity contribution in [3.63, 3.8) is 0 Å². The third-order valence-electron chi connectivity index (χ3n) is 2.06. The lowest BCUT2D eigenvalue weighted by molar-refractivity contribution is -0.290. The Morgan fingerprint density at radius 3 is 2.00 bits per heavy atom. The Morgan fingerprint density at radius 2 is 1.58 bits per heavy atom. The van der Waals surface area contributed by atoms with E-state index in [1.807, 2.05) is 0 Å². The van der Waals surface area contributed by atoms with E-state index in [4.69, 9.17) is 0 Å². The molecule has 1 N–H and O–H groups in total. The number of rotatable bonds is 2. The maximum atomic E-state index is 13.2. The molecule has 0 aliphatic heterocycles. The summed E-state index contributed by atoms with van der Waals surface area (Å²) in [6.45, 7) is 0.926. The number of benzene rings is 1. The monoisotopic (exact) mass is 289 g/mol. The molecule has 19 heavy (non-hydrogen) atoms. The lowest BCUT2D eigenvalue weighted by Crippen LogP contribution is -2.34. The first kappa shape index (κ1) is 15.3. The zero-order valence-corrected chi connectivity index (χ0v) is 9.21. The zero-order valence-electron chi connectivity index (χ0n) is 9.21. The SMILES string of the molecule is CC(=O)Nc1cc(F)c(C(F)(F)C(F)(F)F)cc1F. The second-order valence-corrected chi connectivity index (χ2v) is 3.57. The van der Waals surface area contributed by atoms with Gasteiger partial charge in [0.2, 0.25) is 5.91 Å². The summed E-state index contributed by atoms with van der Waals surface area (Å²) in [6.07, 6.45) is -6.06. The average molecular weight is 289 g/mol. The van der Waals surface area contributed by atoms with E-state index < -0.39 is 40.9 Å².